The fourth-order valence-corrected chi connectivity index (χ4v) is 2.63. The molecule has 0 saturated carbocycles. The third kappa shape index (κ3) is 2.79. The monoisotopic (exact) mass is 321 g/mol. The molecule has 3 amide bonds. The number of hydrogen-bond acceptors (Lipinski definition) is 4. The molecule has 1 heterocycles. The average molecular weight is 321 g/mol. The van der Waals surface area contributed by atoms with Crippen LogP contribution in [0.15, 0.2) is 48.5 Å². The molecule has 24 heavy (non-hydrogen) atoms. The van der Waals surface area contributed by atoms with E-state index in [4.69, 9.17) is 10.00 Å². The van der Waals surface area contributed by atoms with Crippen molar-refractivity contribution in [1.29, 1.82) is 5.26 Å². The van der Waals surface area contributed by atoms with Gasteiger partial charge in [-0.2, -0.15) is 5.26 Å². The Kier molecular flexibility index (Phi) is 4.17. The van der Waals surface area contributed by atoms with Gasteiger partial charge in [0.25, 0.3) is 5.91 Å². The van der Waals surface area contributed by atoms with Crippen molar-refractivity contribution >= 4 is 11.9 Å². The Bertz CT molecular complexity index is 824. The standard InChI is InChI=1S/C18H15N3O3/c1-24-15-8-6-12(7-9-15)16-17(22)21(18(23)20-16)11-14-5-3-2-4-13(14)10-19/h2-9,16H,11H2,1H3,(H,20,23). The predicted octanol–water partition coefficient (Wildman–Crippen LogP) is 2.36. The van der Waals surface area contributed by atoms with Gasteiger partial charge in [0.1, 0.15) is 11.8 Å². The molecule has 1 atom stereocenters. The molecular weight excluding hydrogens is 306 g/mol. The molecular formula is C18H15N3O3. The molecule has 0 radical (unpaired) electrons. The number of urea groups is 1. The average Bonchev–Trinajstić information content (AvgIpc) is 2.90. The number of carbonyl (C=O) groups excluding carboxylic acids is 2. The third-order valence-electron chi connectivity index (χ3n) is 3.94. The van der Waals surface area contributed by atoms with Crippen LogP contribution >= 0.6 is 0 Å². The zero-order valence-electron chi connectivity index (χ0n) is 13.0. The Balaban J connectivity index is 1.82. The van der Waals surface area contributed by atoms with Gasteiger partial charge < -0.3 is 10.1 Å². The summed E-state index contributed by atoms with van der Waals surface area (Å²) in [7, 11) is 1.56. The largest absolute Gasteiger partial charge is 0.497 e. The second-order valence-corrected chi connectivity index (χ2v) is 5.35. The molecule has 0 spiro atoms. The summed E-state index contributed by atoms with van der Waals surface area (Å²) in [4.78, 5) is 25.9. The maximum absolute atomic E-state index is 12.6. The lowest BCUT2D eigenvalue weighted by Crippen LogP contribution is -2.30. The Morgan fingerprint density at radius 2 is 1.88 bits per heavy atom. The van der Waals surface area contributed by atoms with Crippen LogP contribution < -0.4 is 10.1 Å². The van der Waals surface area contributed by atoms with Crippen LogP contribution in [0, 0.1) is 11.3 Å². The molecule has 1 aliphatic rings. The minimum Gasteiger partial charge on any atom is -0.497 e. The Hall–Kier alpha value is -3.33. The van der Waals surface area contributed by atoms with Crippen LogP contribution in [0.3, 0.4) is 0 Å². The quantitative estimate of drug-likeness (QED) is 0.876. The smallest absolute Gasteiger partial charge is 0.325 e. The van der Waals surface area contributed by atoms with E-state index >= 15 is 0 Å². The minimum absolute atomic E-state index is 0.0705. The molecule has 1 N–H and O–H groups in total. The first-order valence-corrected chi connectivity index (χ1v) is 7.38. The van der Waals surface area contributed by atoms with Crippen LogP contribution in [0.1, 0.15) is 22.7 Å². The van der Waals surface area contributed by atoms with Gasteiger partial charge in [-0.15, -0.1) is 0 Å². The number of ether oxygens (including phenoxy) is 1. The summed E-state index contributed by atoms with van der Waals surface area (Å²) in [6.45, 7) is 0.0705. The minimum atomic E-state index is -0.724. The first kappa shape index (κ1) is 15.6. The lowest BCUT2D eigenvalue weighted by molar-refractivity contribution is -0.128. The molecule has 120 valence electrons. The van der Waals surface area contributed by atoms with Crippen molar-refractivity contribution in [2.45, 2.75) is 12.6 Å². The summed E-state index contributed by atoms with van der Waals surface area (Å²) < 4.78 is 5.09. The number of nitrogens with one attached hydrogen (secondary N) is 1. The van der Waals surface area contributed by atoms with Crippen molar-refractivity contribution in [1.82, 2.24) is 10.2 Å². The molecule has 2 aromatic carbocycles. The summed E-state index contributed by atoms with van der Waals surface area (Å²) in [5.74, 6) is 0.341. The SMILES string of the molecule is COc1ccc(C2NC(=O)N(Cc3ccccc3C#N)C2=O)cc1. The number of carbonyl (C=O) groups is 2. The van der Waals surface area contributed by atoms with Crippen LogP contribution in [0.2, 0.25) is 0 Å². The van der Waals surface area contributed by atoms with Crippen molar-refractivity contribution in [2.24, 2.45) is 0 Å². The second kappa shape index (κ2) is 6.42. The van der Waals surface area contributed by atoms with Gasteiger partial charge in [0.05, 0.1) is 25.3 Å². The summed E-state index contributed by atoms with van der Waals surface area (Å²) in [6, 6.07) is 14.8. The zero-order valence-corrected chi connectivity index (χ0v) is 13.0. The number of imide groups is 1. The fraction of sp³-hybridized carbons (Fsp3) is 0.167. The number of nitrogens with zero attached hydrogens (tertiary/aromatic N) is 2. The highest BCUT2D eigenvalue weighted by molar-refractivity contribution is 6.04. The van der Waals surface area contributed by atoms with E-state index in [0.717, 1.165) is 4.90 Å². The molecule has 1 unspecified atom stereocenters. The van der Waals surface area contributed by atoms with Crippen LogP contribution in [-0.4, -0.2) is 23.9 Å². The van der Waals surface area contributed by atoms with Gasteiger partial charge in [-0.3, -0.25) is 9.69 Å². The van der Waals surface area contributed by atoms with E-state index in [0.29, 0.717) is 22.4 Å². The lowest BCUT2D eigenvalue weighted by atomic mass is 10.1. The van der Waals surface area contributed by atoms with Gasteiger partial charge in [0.15, 0.2) is 0 Å². The number of rotatable bonds is 4. The van der Waals surface area contributed by atoms with Gasteiger partial charge in [-0.1, -0.05) is 30.3 Å². The van der Waals surface area contributed by atoms with Crippen LogP contribution in [0.4, 0.5) is 4.79 Å². The molecule has 1 fully saturated rings. The first-order chi connectivity index (χ1) is 11.6. The van der Waals surface area contributed by atoms with Crippen molar-refractivity contribution in [3.05, 3.63) is 65.2 Å². The van der Waals surface area contributed by atoms with Crippen molar-refractivity contribution in [3.8, 4) is 11.8 Å². The number of benzene rings is 2. The first-order valence-electron chi connectivity index (χ1n) is 7.38. The van der Waals surface area contributed by atoms with Gasteiger partial charge >= 0.3 is 6.03 Å². The van der Waals surface area contributed by atoms with Crippen LogP contribution in [0.5, 0.6) is 5.75 Å². The second-order valence-electron chi connectivity index (χ2n) is 5.35. The zero-order chi connectivity index (χ0) is 17.1. The molecule has 0 aliphatic carbocycles. The van der Waals surface area contributed by atoms with Crippen LogP contribution in [0.25, 0.3) is 0 Å². The number of methoxy groups -OCH3 is 1. The summed E-state index contributed by atoms with van der Waals surface area (Å²) in [6.07, 6.45) is 0. The number of hydrogen-bond donors (Lipinski definition) is 1. The highest BCUT2D eigenvalue weighted by atomic mass is 16.5. The molecule has 3 rings (SSSR count). The fourth-order valence-electron chi connectivity index (χ4n) is 2.63. The summed E-state index contributed by atoms with van der Waals surface area (Å²) in [5.41, 5.74) is 1.77. The van der Waals surface area contributed by atoms with Gasteiger partial charge in [0, 0.05) is 0 Å². The molecule has 1 aliphatic heterocycles. The highest BCUT2D eigenvalue weighted by Gasteiger charge is 2.39. The van der Waals surface area contributed by atoms with Crippen molar-refractivity contribution in [2.75, 3.05) is 7.11 Å². The third-order valence-corrected chi connectivity index (χ3v) is 3.94. The molecule has 0 bridgehead atoms. The number of nitriles is 1. The molecule has 2 aromatic rings. The Labute approximate surface area is 139 Å². The Morgan fingerprint density at radius 1 is 1.17 bits per heavy atom. The maximum Gasteiger partial charge on any atom is 0.325 e. The van der Waals surface area contributed by atoms with E-state index in [2.05, 4.69) is 11.4 Å². The summed E-state index contributed by atoms with van der Waals surface area (Å²) in [5, 5.41) is 11.8. The topological polar surface area (TPSA) is 82.4 Å². The van der Waals surface area contributed by atoms with E-state index in [-0.39, 0.29) is 12.5 Å². The van der Waals surface area contributed by atoms with Gasteiger partial charge in [-0.25, -0.2) is 4.79 Å². The van der Waals surface area contributed by atoms with Crippen LogP contribution in [-0.2, 0) is 11.3 Å². The molecule has 6 heteroatoms. The number of amides is 3. The predicted molar refractivity (Wildman–Crippen MR) is 86.0 cm³/mol. The highest BCUT2D eigenvalue weighted by Crippen LogP contribution is 2.25. The van der Waals surface area contributed by atoms with Gasteiger partial charge in [0.2, 0.25) is 0 Å². The van der Waals surface area contributed by atoms with E-state index in [1.54, 1.807) is 55.6 Å². The van der Waals surface area contributed by atoms with Crippen molar-refractivity contribution < 1.29 is 14.3 Å². The lowest BCUT2D eigenvalue weighted by Gasteiger charge is -2.14. The Morgan fingerprint density at radius 3 is 2.54 bits per heavy atom. The molecule has 0 aromatic heterocycles. The van der Waals surface area contributed by atoms with Gasteiger partial charge in [-0.05, 0) is 29.3 Å². The molecule has 6 nitrogen and oxygen atoms in total. The summed E-state index contributed by atoms with van der Waals surface area (Å²) >= 11 is 0. The van der Waals surface area contributed by atoms with E-state index < -0.39 is 12.1 Å². The normalized spacial score (nSPS) is 16.7. The maximum atomic E-state index is 12.6. The van der Waals surface area contributed by atoms with E-state index in [1.165, 1.54) is 0 Å². The molecule has 1 saturated heterocycles. The van der Waals surface area contributed by atoms with E-state index in [9.17, 15) is 9.59 Å². The van der Waals surface area contributed by atoms with Crippen molar-refractivity contribution in [3.63, 3.8) is 0 Å². The van der Waals surface area contributed by atoms with E-state index in [1.807, 2.05) is 0 Å².